The van der Waals surface area contributed by atoms with Crippen LogP contribution in [0.15, 0.2) is 0 Å². The van der Waals surface area contributed by atoms with E-state index >= 15 is 0 Å². The molecular weight excluding hydrogens is 272 g/mol. The lowest BCUT2D eigenvalue weighted by molar-refractivity contribution is 0.0454. The molecule has 0 aromatic carbocycles. The van der Waals surface area contributed by atoms with E-state index in [0.29, 0.717) is 49.4 Å². The van der Waals surface area contributed by atoms with Gasteiger partial charge in [-0.3, -0.25) is 0 Å². The van der Waals surface area contributed by atoms with Gasteiger partial charge in [-0.2, -0.15) is 0 Å². The van der Waals surface area contributed by atoms with E-state index in [0.717, 1.165) is 0 Å². The van der Waals surface area contributed by atoms with Crippen LogP contribution >= 0.6 is 0 Å². The van der Waals surface area contributed by atoms with Gasteiger partial charge >= 0.3 is 0 Å². The molecule has 2 nitrogen and oxygen atoms in total. The molecule has 130 valence electrons. The van der Waals surface area contributed by atoms with Crippen LogP contribution in [0.25, 0.3) is 0 Å². The maximum Gasteiger partial charge on any atom is 0.126 e. The Morgan fingerprint density at radius 1 is 0.545 bits per heavy atom. The maximum absolute atomic E-state index is 10.9. The first-order valence-electron chi connectivity index (χ1n) is 8.86. The molecule has 0 aliphatic carbocycles. The molecule has 22 heavy (non-hydrogen) atoms. The van der Waals surface area contributed by atoms with Crippen molar-refractivity contribution < 1.29 is 10.2 Å². The van der Waals surface area contributed by atoms with E-state index in [1.165, 1.54) is 0 Å². The Labute approximate surface area is 138 Å². The summed E-state index contributed by atoms with van der Waals surface area (Å²) < 4.78 is 0. The Bertz CT molecular complexity index is 315. The van der Waals surface area contributed by atoms with Gasteiger partial charge in [0.15, 0.2) is 0 Å². The van der Waals surface area contributed by atoms with Gasteiger partial charge in [-0.1, -0.05) is 67.2 Å². The SMILES string of the molecule is CC(C)CC(O)(C#CC(O)(CC(C)C)CC(C)C)CC(C)C. The van der Waals surface area contributed by atoms with Crippen LogP contribution in [-0.2, 0) is 0 Å². The van der Waals surface area contributed by atoms with Crippen LogP contribution in [0.1, 0.15) is 81.1 Å². The van der Waals surface area contributed by atoms with Crippen molar-refractivity contribution in [1.29, 1.82) is 0 Å². The minimum Gasteiger partial charge on any atom is -0.378 e. The van der Waals surface area contributed by atoms with Crippen molar-refractivity contribution >= 4 is 0 Å². The summed E-state index contributed by atoms with van der Waals surface area (Å²) in [6.45, 7) is 16.8. The van der Waals surface area contributed by atoms with E-state index in [-0.39, 0.29) is 0 Å². The van der Waals surface area contributed by atoms with Crippen LogP contribution in [0, 0.1) is 35.5 Å². The summed E-state index contributed by atoms with van der Waals surface area (Å²) in [5.41, 5.74) is -1.99. The Morgan fingerprint density at radius 2 is 0.727 bits per heavy atom. The molecule has 2 heteroatoms. The third-order valence-corrected chi connectivity index (χ3v) is 3.51. The lowest BCUT2D eigenvalue weighted by Gasteiger charge is -2.29. The standard InChI is InChI=1S/C20H38O2/c1-15(2)11-19(21,12-16(3)4)9-10-20(22,13-17(5)6)14-18(7)8/h15-18,21-22H,11-14H2,1-8H3. The highest BCUT2D eigenvalue weighted by molar-refractivity contribution is 5.22. The maximum atomic E-state index is 10.9. The molecule has 0 rings (SSSR count). The van der Waals surface area contributed by atoms with Gasteiger partial charge in [-0.15, -0.1) is 0 Å². The van der Waals surface area contributed by atoms with E-state index < -0.39 is 11.2 Å². The molecule has 0 saturated heterocycles. The van der Waals surface area contributed by atoms with Crippen LogP contribution in [0.4, 0.5) is 0 Å². The molecule has 0 aliphatic rings. The average Bonchev–Trinajstić information content (AvgIpc) is 2.21. The molecule has 0 heterocycles. The fourth-order valence-corrected chi connectivity index (χ4v) is 3.30. The van der Waals surface area contributed by atoms with Crippen LogP contribution in [0.2, 0.25) is 0 Å². The molecule has 0 saturated carbocycles. The second-order valence-corrected chi connectivity index (χ2v) is 8.71. The predicted molar refractivity (Wildman–Crippen MR) is 95.5 cm³/mol. The summed E-state index contributed by atoms with van der Waals surface area (Å²) in [4.78, 5) is 0. The molecule has 0 aromatic heterocycles. The topological polar surface area (TPSA) is 40.5 Å². The summed E-state index contributed by atoms with van der Waals surface area (Å²) >= 11 is 0. The lowest BCUT2D eigenvalue weighted by Crippen LogP contribution is -2.34. The molecule has 0 fully saturated rings. The van der Waals surface area contributed by atoms with Crippen molar-refractivity contribution in [2.75, 3.05) is 0 Å². The summed E-state index contributed by atoms with van der Waals surface area (Å²) in [6.07, 6.45) is 2.60. The second kappa shape index (κ2) is 8.94. The van der Waals surface area contributed by atoms with Crippen molar-refractivity contribution in [2.45, 2.75) is 92.3 Å². The fraction of sp³-hybridized carbons (Fsp3) is 0.900. The van der Waals surface area contributed by atoms with Crippen molar-refractivity contribution in [3.05, 3.63) is 0 Å². The summed E-state index contributed by atoms with van der Waals surface area (Å²) in [6, 6.07) is 0. The first-order valence-corrected chi connectivity index (χ1v) is 8.86. The zero-order chi connectivity index (χ0) is 17.6. The number of hydrogen-bond acceptors (Lipinski definition) is 2. The fourth-order valence-electron chi connectivity index (χ4n) is 3.30. The minimum absolute atomic E-state index is 0.376. The van der Waals surface area contributed by atoms with Crippen molar-refractivity contribution in [1.82, 2.24) is 0 Å². The van der Waals surface area contributed by atoms with Gasteiger partial charge in [-0.05, 0) is 49.4 Å². The molecule has 0 spiro atoms. The first-order chi connectivity index (χ1) is 9.87. The Hall–Kier alpha value is -0.520. The lowest BCUT2D eigenvalue weighted by atomic mass is 9.82. The van der Waals surface area contributed by atoms with Gasteiger partial charge in [0.05, 0.1) is 0 Å². The van der Waals surface area contributed by atoms with Gasteiger partial charge in [0, 0.05) is 0 Å². The number of rotatable bonds is 8. The van der Waals surface area contributed by atoms with Crippen molar-refractivity contribution in [3.8, 4) is 11.8 Å². The summed E-state index contributed by atoms with van der Waals surface area (Å²) in [5.74, 6) is 7.64. The molecule has 0 bridgehead atoms. The highest BCUT2D eigenvalue weighted by Gasteiger charge is 2.30. The molecule has 2 N–H and O–H groups in total. The molecular formula is C20H38O2. The summed E-state index contributed by atoms with van der Waals surface area (Å²) in [7, 11) is 0. The van der Waals surface area contributed by atoms with Crippen molar-refractivity contribution in [3.63, 3.8) is 0 Å². The molecule has 0 amide bonds. The zero-order valence-corrected chi connectivity index (χ0v) is 16.0. The van der Waals surface area contributed by atoms with Gasteiger partial charge in [0.1, 0.15) is 11.2 Å². The van der Waals surface area contributed by atoms with Gasteiger partial charge in [0.25, 0.3) is 0 Å². The molecule has 0 atom stereocenters. The largest absolute Gasteiger partial charge is 0.378 e. The average molecular weight is 311 g/mol. The zero-order valence-electron chi connectivity index (χ0n) is 16.0. The quantitative estimate of drug-likeness (QED) is 0.641. The van der Waals surface area contributed by atoms with E-state index in [2.05, 4.69) is 67.2 Å². The molecule has 0 unspecified atom stereocenters. The van der Waals surface area contributed by atoms with Crippen LogP contribution in [-0.4, -0.2) is 21.4 Å². The number of aliphatic hydroxyl groups is 2. The molecule has 0 radical (unpaired) electrons. The van der Waals surface area contributed by atoms with Crippen molar-refractivity contribution in [2.24, 2.45) is 23.7 Å². The van der Waals surface area contributed by atoms with Gasteiger partial charge in [0.2, 0.25) is 0 Å². The summed E-state index contributed by atoms with van der Waals surface area (Å²) in [5, 5.41) is 21.8. The molecule has 0 aromatic rings. The van der Waals surface area contributed by atoms with E-state index in [1.807, 2.05) is 0 Å². The Morgan fingerprint density at radius 3 is 0.864 bits per heavy atom. The Kier molecular flexibility index (Phi) is 8.73. The van der Waals surface area contributed by atoms with Gasteiger partial charge in [-0.25, -0.2) is 0 Å². The van der Waals surface area contributed by atoms with Crippen LogP contribution < -0.4 is 0 Å². The smallest absolute Gasteiger partial charge is 0.126 e. The Balaban J connectivity index is 5.39. The van der Waals surface area contributed by atoms with Crippen LogP contribution in [0.5, 0.6) is 0 Å². The monoisotopic (exact) mass is 310 g/mol. The second-order valence-electron chi connectivity index (χ2n) is 8.71. The highest BCUT2D eigenvalue weighted by atomic mass is 16.3. The third-order valence-electron chi connectivity index (χ3n) is 3.51. The van der Waals surface area contributed by atoms with Crippen LogP contribution in [0.3, 0.4) is 0 Å². The minimum atomic E-state index is -0.996. The van der Waals surface area contributed by atoms with E-state index in [4.69, 9.17) is 0 Å². The van der Waals surface area contributed by atoms with Gasteiger partial charge < -0.3 is 10.2 Å². The van der Waals surface area contributed by atoms with E-state index in [9.17, 15) is 10.2 Å². The van der Waals surface area contributed by atoms with E-state index in [1.54, 1.807) is 0 Å². The molecule has 0 aliphatic heterocycles. The third kappa shape index (κ3) is 9.49. The first kappa shape index (κ1) is 21.5. The number of hydrogen-bond donors (Lipinski definition) is 2. The highest BCUT2D eigenvalue weighted by Crippen LogP contribution is 2.27. The predicted octanol–water partition coefficient (Wildman–Crippen LogP) is 4.64. The normalized spacial score (nSPS) is 13.2.